The quantitative estimate of drug-likeness (QED) is 0.629. The first-order valence-electron chi connectivity index (χ1n) is 11.8. The number of anilines is 1. The molecule has 1 N–H and O–H groups in total. The molecule has 2 aliphatic heterocycles. The number of carbonyl (C=O) groups excluding carboxylic acids is 2. The summed E-state index contributed by atoms with van der Waals surface area (Å²) in [5.41, 5.74) is 1.24. The molecule has 2 amide bonds. The summed E-state index contributed by atoms with van der Waals surface area (Å²) >= 11 is 0. The van der Waals surface area contributed by atoms with E-state index in [9.17, 15) is 18.0 Å². The van der Waals surface area contributed by atoms with Gasteiger partial charge in [-0.05, 0) is 50.8 Å². The van der Waals surface area contributed by atoms with Gasteiger partial charge in [-0.3, -0.25) is 14.5 Å². The van der Waals surface area contributed by atoms with E-state index in [1.807, 2.05) is 6.92 Å². The maximum Gasteiger partial charge on any atom is 0.256 e. The third kappa shape index (κ3) is 5.17. The van der Waals surface area contributed by atoms with Gasteiger partial charge in [0.05, 0.1) is 16.5 Å². The van der Waals surface area contributed by atoms with Gasteiger partial charge in [-0.15, -0.1) is 0 Å². The van der Waals surface area contributed by atoms with E-state index in [1.165, 1.54) is 24.5 Å². The van der Waals surface area contributed by atoms with Gasteiger partial charge in [0.15, 0.2) is 0 Å². The number of hydrogen-bond donors (Lipinski definition) is 1. The van der Waals surface area contributed by atoms with Crippen LogP contribution in [0.25, 0.3) is 0 Å². The molecule has 1 unspecified atom stereocenters. The van der Waals surface area contributed by atoms with Crippen molar-refractivity contribution >= 4 is 27.5 Å². The van der Waals surface area contributed by atoms with Crippen molar-refractivity contribution in [1.82, 2.24) is 19.4 Å². The van der Waals surface area contributed by atoms with Crippen molar-refractivity contribution in [3.63, 3.8) is 0 Å². The fourth-order valence-corrected chi connectivity index (χ4v) is 5.42. The normalized spacial score (nSPS) is 20.8. The lowest BCUT2D eigenvalue weighted by Gasteiger charge is -2.38. The predicted octanol–water partition coefficient (Wildman–Crippen LogP) is 0.962. The highest BCUT2D eigenvalue weighted by Crippen LogP contribution is 2.29. The average Bonchev–Trinajstić information content (AvgIpc) is 3.45. The molecule has 3 fully saturated rings. The van der Waals surface area contributed by atoms with Crippen molar-refractivity contribution in [2.75, 3.05) is 58.3 Å². The Labute approximate surface area is 196 Å². The van der Waals surface area contributed by atoms with Gasteiger partial charge in [-0.2, -0.15) is 0 Å². The van der Waals surface area contributed by atoms with Gasteiger partial charge in [0, 0.05) is 65.1 Å². The molecule has 10 heteroatoms. The molecule has 2 heterocycles. The van der Waals surface area contributed by atoms with Crippen LogP contribution < -0.4 is 10.2 Å². The highest BCUT2D eigenvalue weighted by atomic mass is 32.2. The van der Waals surface area contributed by atoms with Crippen LogP contribution in [0.5, 0.6) is 0 Å². The molecule has 2 saturated heterocycles. The summed E-state index contributed by atoms with van der Waals surface area (Å²) in [6.07, 6.45) is 4.24. The summed E-state index contributed by atoms with van der Waals surface area (Å²) < 4.78 is 26.6. The molecule has 0 spiro atoms. The van der Waals surface area contributed by atoms with Crippen LogP contribution in [0.4, 0.5) is 5.69 Å². The van der Waals surface area contributed by atoms with Gasteiger partial charge >= 0.3 is 0 Å². The Hall–Kier alpha value is -2.17. The average molecular weight is 478 g/mol. The molecule has 1 aromatic carbocycles. The van der Waals surface area contributed by atoms with Crippen LogP contribution in [-0.2, 0) is 14.8 Å². The number of sulfonamides is 1. The summed E-state index contributed by atoms with van der Waals surface area (Å²) in [6.45, 7) is 5.87. The molecule has 1 aliphatic carbocycles. The maximum absolute atomic E-state index is 13.6. The summed E-state index contributed by atoms with van der Waals surface area (Å²) in [5.74, 6) is -0.0994. The first-order valence-corrected chi connectivity index (χ1v) is 13.3. The smallest absolute Gasteiger partial charge is 0.256 e. The van der Waals surface area contributed by atoms with E-state index >= 15 is 0 Å². The minimum atomic E-state index is -3.65. The van der Waals surface area contributed by atoms with Gasteiger partial charge in [-0.1, -0.05) is 0 Å². The fourth-order valence-electron chi connectivity index (χ4n) is 4.49. The van der Waals surface area contributed by atoms with Crippen LogP contribution in [0.1, 0.15) is 43.0 Å². The second-order valence-electron chi connectivity index (χ2n) is 9.45. The second-order valence-corrected chi connectivity index (χ2v) is 11.6. The zero-order valence-corrected chi connectivity index (χ0v) is 20.6. The van der Waals surface area contributed by atoms with Crippen LogP contribution in [0, 0.1) is 0 Å². The standard InChI is InChI=1S/C23H35N5O4S/c1-17(22(29)24-18-6-7-18)26-12-14-28(15-13-26)23(30)20-16-19(33(31,32)25(2)3)8-9-21(20)27-10-4-5-11-27/h8-9,16-18H,4-7,10-15H2,1-3H3,(H,24,29). The number of carbonyl (C=O) groups is 2. The zero-order chi connectivity index (χ0) is 23.8. The van der Waals surface area contributed by atoms with Gasteiger partial charge in [0.1, 0.15) is 0 Å². The van der Waals surface area contributed by atoms with E-state index in [0.717, 1.165) is 44.5 Å². The number of nitrogens with zero attached hydrogens (tertiary/aromatic N) is 4. The minimum Gasteiger partial charge on any atom is -0.371 e. The molecule has 0 bridgehead atoms. The van der Waals surface area contributed by atoms with Crippen LogP contribution in [0.15, 0.2) is 23.1 Å². The summed E-state index contributed by atoms with van der Waals surface area (Å²) in [4.78, 5) is 32.2. The Bertz CT molecular complexity index is 994. The largest absolute Gasteiger partial charge is 0.371 e. The molecule has 3 aliphatic rings. The number of amides is 2. The van der Waals surface area contributed by atoms with Crippen LogP contribution in [0.2, 0.25) is 0 Å². The Morgan fingerprint density at radius 1 is 1.03 bits per heavy atom. The molecule has 1 saturated carbocycles. The molecule has 1 atom stereocenters. The Morgan fingerprint density at radius 3 is 2.24 bits per heavy atom. The third-order valence-corrected chi connectivity index (χ3v) is 8.69. The van der Waals surface area contributed by atoms with Gasteiger partial charge < -0.3 is 15.1 Å². The Morgan fingerprint density at radius 2 is 1.67 bits per heavy atom. The van der Waals surface area contributed by atoms with Gasteiger partial charge in [0.25, 0.3) is 5.91 Å². The van der Waals surface area contributed by atoms with Crippen LogP contribution in [-0.4, -0.2) is 99.8 Å². The Balaban J connectivity index is 1.51. The van der Waals surface area contributed by atoms with Gasteiger partial charge in [-0.25, -0.2) is 12.7 Å². The lowest BCUT2D eigenvalue weighted by molar-refractivity contribution is -0.126. The van der Waals surface area contributed by atoms with E-state index in [1.54, 1.807) is 17.0 Å². The SMILES string of the molecule is CC(C(=O)NC1CC1)N1CCN(C(=O)c2cc(S(=O)(=O)N(C)C)ccc2N2CCCC2)CC1. The molecule has 9 nitrogen and oxygen atoms in total. The third-order valence-electron chi connectivity index (χ3n) is 6.88. The molecular formula is C23H35N5O4S. The van der Waals surface area contributed by atoms with Crippen molar-refractivity contribution in [2.45, 2.75) is 49.6 Å². The van der Waals surface area contributed by atoms with Crippen molar-refractivity contribution in [3.8, 4) is 0 Å². The van der Waals surface area contributed by atoms with Crippen molar-refractivity contribution in [3.05, 3.63) is 23.8 Å². The monoisotopic (exact) mass is 477 g/mol. The summed E-state index contributed by atoms with van der Waals surface area (Å²) in [6, 6.07) is 5.01. The molecule has 0 aromatic heterocycles. The van der Waals surface area contributed by atoms with E-state index in [0.29, 0.717) is 37.8 Å². The molecule has 0 radical (unpaired) electrons. The van der Waals surface area contributed by atoms with E-state index < -0.39 is 10.0 Å². The topological polar surface area (TPSA) is 93.3 Å². The molecule has 182 valence electrons. The lowest BCUT2D eigenvalue weighted by Crippen LogP contribution is -2.55. The first kappa shape index (κ1) is 24.0. The van der Waals surface area contributed by atoms with E-state index in [-0.39, 0.29) is 22.8 Å². The van der Waals surface area contributed by atoms with Crippen molar-refractivity contribution in [2.24, 2.45) is 0 Å². The first-order chi connectivity index (χ1) is 15.7. The highest BCUT2D eigenvalue weighted by Gasteiger charge is 2.32. The minimum absolute atomic E-state index is 0.0511. The van der Waals surface area contributed by atoms with Crippen molar-refractivity contribution < 1.29 is 18.0 Å². The number of piperazine rings is 1. The number of rotatable bonds is 7. The summed E-state index contributed by atoms with van der Waals surface area (Å²) in [7, 11) is -0.665. The van der Waals surface area contributed by atoms with Gasteiger partial charge in [0.2, 0.25) is 15.9 Å². The fraction of sp³-hybridized carbons (Fsp3) is 0.652. The molecule has 33 heavy (non-hydrogen) atoms. The number of nitrogens with one attached hydrogen (secondary N) is 1. The molecule has 1 aromatic rings. The Kier molecular flexibility index (Phi) is 6.97. The molecular weight excluding hydrogens is 442 g/mol. The van der Waals surface area contributed by atoms with Crippen LogP contribution >= 0.6 is 0 Å². The predicted molar refractivity (Wildman–Crippen MR) is 127 cm³/mol. The van der Waals surface area contributed by atoms with Crippen molar-refractivity contribution in [1.29, 1.82) is 0 Å². The lowest BCUT2D eigenvalue weighted by atomic mass is 10.1. The molecule has 4 rings (SSSR count). The van der Waals surface area contributed by atoms with E-state index in [4.69, 9.17) is 0 Å². The number of hydrogen-bond acceptors (Lipinski definition) is 6. The highest BCUT2D eigenvalue weighted by molar-refractivity contribution is 7.89. The summed E-state index contributed by atoms with van der Waals surface area (Å²) in [5, 5.41) is 3.05. The zero-order valence-electron chi connectivity index (χ0n) is 19.8. The van der Waals surface area contributed by atoms with E-state index in [2.05, 4.69) is 15.1 Å². The maximum atomic E-state index is 13.6. The number of benzene rings is 1. The van der Waals surface area contributed by atoms with Crippen LogP contribution in [0.3, 0.4) is 0 Å². The second kappa shape index (κ2) is 9.60.